The van der Waals surface area contributed by atoms with E-state index in [1.54, 1.807) is 18.2 Å². The summed E-state index contributed by atoms with van der Waals surface area (Å²) in [7, 11) is 0. The van der Waals surface area contributed by atoms with Gasteiger partial charge in [-0.3, -0.25) is 4.79 Å². The molecule has 1 aromatic rings. The highest BCUT2D eigenvalue weighted by atomic mass is 35.5. The summed E-state index contributed by atoms with van der Waals surface area (Å²) >= 11 is 11.9. The predicted molar refractivity (Wildman–Crippen MR) is 84.5 cm³/mol. The van der Waals surface area contributed by atoms with Crippen LogP contribution in [0.1, 0.15) is 32.6 Å². The minimum Gasteiger partial charge on any atom is -0.324 e. The Balaban J connectivity index is 1.84. The summed E-state index contributed by atoms with van der Waals surface area (Å²) in [5.74, 6) is 0.540. The number of amides is 1. The van der Waals surface area contributed by atoms with Crippen molar-refractivity contribution in [1.29, 1.82) is 0 Å². The van der Waals surface area contributed by atoms with Gasteiger partial charge in [-0.2, -0.15) is 0 Å². The molecule has 2 N–H and O–H groups in total. The van der Waals surface area contributed by atoms with Gasteiger partial charge in [-0.25, -0.2) is 0 Å². The Morgan fingerprint density at radius 2 is 2.05 bits per heavy atom. The maximum Gasteiger partial charge on any atom is 0.238 e. The third-order valence-corrected chi connectivity index (χ3v) is 4.40. The molecule has 1 fully saturated rings. The molecule has 0 spiro atoms. The third kappa shape index (κ3) is 4.37. The standard InChI is InChI=1S/C15H20Cl2N2O/c1-10-4-2-3-5-13(10)18-9-15(20)19-14-8-11(16)6-7-12(14)17/h6-8,10,13,18H,2-5,9H2,1H3,(H,19,20)/t10-,13-/m1/s1. The summed E-state index contributed by atoms with van der Waals surface area (Å²) < 4.78 is 0. The van der Waals surface area contributed by atoms with Crippen LogP contribution in [0.5, 0.6) is 0 Å². The number of halogens is 2. The van der Waals surface area contributed by atoms with E-state index >= 15 is 0 Å². The fraction of sp³-hybridized carbons (Fsp3) is 0.533. The van der Waals surface area contributed by atoms with Crippen LogP contribution >= 0.6 is 23.2 Å². The molecule has 3 nitrogen and oxygen atoms in total. The summed E-state index contributed by atoms with van der Waals surface area (Å²) in [5, 5.41) is 7.17. The lowest BCUT2D eigenvalue weighted by Crippen LogP contribution is -2.41. The van der Waals surface area contributed by atoms with Gasteiger partial charge in [0.15, 0.2) is 0 Å². The molecule has 0 radical (unpaired) electrons. The molecular weight excluding hydrogens is 295 g/mol. The molecule has 0 bridgehead atoms. The average molecular weight is 315 g/mol. The van der Waals surface area contributed by atoms with Crippen LogP contribution in [0.3, 0.4) is 0 Å². The number of rotatable bonds is 4. The van der Waals surface area contributed by atoms with E-state index in [1.807, 2.05) is 0 Å². The van der Waals surface area contributed by atoms with Crippen LogP contribution in [-0.2, 0) is 4.79 Å². The summed E-state index contributed by atoms with van der Waals surface area (Å²) in [6.45, 7) is 2.54. The van der Waals surface area contributed by atoms with Crippen molar-refractivity contribution in [3.8, 4) is 0 Å². The van der Waals surface area contributed by atoms with Gasteiger partial charge in [0.25, 0.3) is 0 Å². The van der Waals surface area contributed by atoms with E-state index < -0.39 is 0 Å². The highest BCUT2D eigenvalue weighted by Crippen LogP contribution is 2.26. The van der Waals surface area contributed by atoms with E-state index in [1.165, 1.54) is 19.3 Å². The lowest BCUT2D eigenvalue weighted by Gasteiger charge is -2.29. The van der Waals surface area contributed by atoms with E-state index in [9.17, 15) is 4.79 Å². The highest BCUT2D eigenvalue weighted by Gasteiger charge is 2.21. The molecule has 2 rings (SSSR count). The Morgan fingerprint density at radius 1 is 1.30 bits per heavy atom. The van der Waals surface area contributed by atoms with Crippen LogP contribution in [0, 0.1) is 5.92 Å². The largest absolute Gasteiger partial charge is 0.324 e. The Hall–Kier alpha value is -0.770. The van der Waals surface area contributed by atoms with Crippen molar-refractivity contribution in [2.75, 3.05) is 11.9 Å². The quantitative estimate of drug-likeness (QED) is 0.878. The molecule has 1 aliphatic rings. The van der Waals surface area contributed by atoms with E-state index in [0.29, 0.717) is 34.2 Å². The second-order valence-electron chi connectivity index (χ2n) is 5.42. The van der Waals surface area contributed by atoms with Gasteiger partial charge >= 0.3 is 0 Å². The van der Waals surface area contributed by atoms with Gasteiger partial charge in [0.2, 0.25) is 5.91 Å². The summed E-state index contributed by atoms with van der Waals surface area (Å²) in [4.78, 5) is 11.9. The molecule has 5 heteroatoms. The molecule has 0 aromatic heterocycles. The Kier molecular flexibility index (Phi) is 5.70. The topological polar surface area (TPSA) is 41.1 Å². The first-order valence-corrected chi connectivity index (χ1v) is 7.80. The molecule has 0 heterocycles. The first-order chi connectivity index (χ1) is 9.56. The second-order valence-corrected chi connectivity index (χ2v) is 6.27. The highest BCUT2D eigenvalue weighted by molar-refractivity contribution is 6.35. The van der Waals surface area contributed by atoms with Crippen molar-refractivity contribution in [3.63, 3.8) is 0 Å². The van der Waals surface area contributed by atoms with Crippen molar-refractivity contribution < 1.29 is 4.79 Å². The van der Waals surface area contributed by atoms with Gasteiger partial charge in [-0.05, 0) is 37.0 Å². The number of carbonyl (C=O) groups excluding carboxylic acids is 1. The van der Waals surface area contributed by atoms with Crippen LogP contribution in [0.4, 0.5) is 5.69 Å². The fourth-order valence-corrected chi connectivity index (χ4v) is 2.97. The van der Waals surface area contributed by atoms with Gasteiger partial charge in [0, 0.05) is 11.1 Å². The minimum absolute atomic E-state index is 0.0908. The zero-order chi connectivity index (χ0) is 14.5. The number of hydrogen-bond donors (Lipinski definition) is 2. The van der Waals surface area contributed by atoms with E-state index in [0.717, 1.165) is 6.42 Å². The SMILES string of the molecule is C[C@@H]1CCCC[C@H]1NCC(=O)Nc1cc(Cl)ccc1Cl. The first kappa shape index (κ1) is 15.6. The second kappa shape index (κ2) is 7.30. The number of anilines is 1. The Labute approximate surface area is 130 Å². The van der Waals surface area contributed by atoms with E-state index in [-0.39, 0.29) is 5.91 Å². The van der Waals surface area contributed by atoms with E-state index in [2.05, 4.69) is 17.6 Å². The predicted octanol–water partition coefficient (Wildman–Crippen LogP) is 4.10. The van der Waals surface area contributed by atoms with Crippen LogP contribution < -0.4 is 10.6 Å². The molecule has 20 heavy (non-hydrogen) atoms. The Bertz CT molecular complexity index is 479. The normalized spacial score (nSPS) is 22.6. The molecule has 1 aromatic carbocycles. The van der Waals surface area contributed by atoms with Gasteiger partial charge in [-0.1, -0.05) is 43.0 Å². The maximum absolute atomic E-state index is 11.9. The smallest absolute Gasteiger partial charge is 0.238 e. The monoisotopic (exact) mass is 314 g/mol. The molecule has 1 amide bonds. The van der Waals surface area contributed by atoms with Crippen molar-refractivity contribution in [2.24, 2.45) is 5.92 Å². The van der Waals surface area contributed by atoms with Crippen molar-refractivity contribution in [1.82, 2.24) is 5.32 Å². The van der Waals surface area contributed by atoms with Gasteiger partial charge in [-0.15, -0.1) is 0 Å². The third-order valence-electron chi connectivity index (χ3n) is 3.84. The van der Waals surface area contributed by atoms with Gasteiger partial charge < -0.3 is 10.6 Å². The molecule has 0 saturated heterocycles. The number of carbonyl (C=O) groups is 1. The van der Waals surface area contributed by atoms with Crippen LogP contribution in [0.25, 0.3) is 0 Å². The minimum atomic E-state index is -0.0908. The Morgan fingerprint density at radius 3 is 2.80 bits per heavy atom. The fourth-order valence-electron chi connectivity index (χ4n) is 2.63. The van der Waals surface area contributed by atoms with Crippen molar-refractivity contribution in [2.45, 2.75) is 38.6 Å². The average Bonchev–Trinajstić information content (AvgIpc) is 2.42. The van der Waals surface area contributed by atoms with Crippen LogP contribution in [-0.4, -0.2) is 18.5 Å². The molecular formula is C15H20Cl2N2O. The van der Waals surface area contributed by atoms with E-state index in [4.69, 9.17) is 23.2 Å². The zero-order valence-corrected chi connectivity index (χ0v) is 13.1. The first-order valence-electron chi connectivity index (χ1n) is 7.04. The lowest BCUT2D eigenvalue weighted by molar-refractivity contribution is -0.115. The number of nitrogens with one attached hydrogen (secondary N) is 2. The molecule has 0 unspecified atom stereocenters. The molecule has 110 valence electrons. The molecule has 1 aliphatic carbocycles. The van der Waals surface area contributed by atoms with Crippen LogP contribution in [0.2, 0.25) is 10.0 Å². The van der Waals surface area contributed by atoms with Gasteiger partial charge in [0.1, 0.15) is 0 Å². The summed E-state index contributed by atoms with van der Waals surface area (Å²) in [5.41, 5.74) is 0.558. The molecule has 1 saturated carbocycles. The van der Waals surface area contributed by atoms with Crippen molar-refractivity contribution in [3.05, 3.63) is 28.2 Å². The summed E-state index contributed by atoms with van der Waals surface area (Å²) in [6.07, 6.45) is 4.92. The summed E-state index contributed by atoms with van der Waals surface area (Å²) in [6, 6.07) is 5.46. The number of hydrogen-bond acceptors (Lipinski definition) is 2. The maximum atomic E-state index is 11.9. The number of benzene rings is 1. The zero-order valence-electron chi connectivity index (χ0n) is 11.6. The van der Waals surface area contributed by atoms with Gasteiger partial charge in [0.05, 0.1) is 17.3 Å². The molecule has 2 atom stereocenters. The lowest BCUT2D eigenvalue weighted by atomic mass is 9.86. The molecule has 0 aliphatic heterocycles. The van der Waals surface area contributed by atoms with Crippen molar-refractivity contribution >= 4 is 34.8 Å². The van der Waals surface area contributed by atoms with Crippen LogP contribution in [0.15, 0.2) is 18.2 Å².